The van der Waals surface area contributed by atoms with Gasteiger partial charge in [0, 0.05) is 25.3 Å². The van der Waals surface area contributed by atoms with Crippen molar-refractivity contribution in [2.45, 2.75) is 24.8 Å². The third kappa shape index (κ3) is 2.22. The van der Waals surface area contributed by atoms with Gasteiger partial charge in [-0.2, -0.15) is 0 Å². The van der Waals surface area contributed by atoms with Crippen LogP contribution in [-0.4, -0.2) is 41.6 Å². The summed E-state index contributed by atoms with van der Waals surface area (Å²) < 4.78 is 1.76. The second kappa shape index (κ2) is 4.65. The first-order valence-electron chi connectivity index (χ1n) is 6.32. The topological polar surface area (TPSA) is 63.3 Å². The van der Waals surface area contributed by atoms with Crippen molar-refractivity contribution in [2.75, 3.05) is 26.4 Å². The second-order valence-electron chi connectivity index (χ2n) is 5.42. The molecule has 1 fully saturated rings. The predicted molar refractivity (Wildman–Crippen MR) is 72.4 cm³/mol. The van der Waals surface area contributed by atoms with E-state index in [4.69, 9.17) is 5.73 Å². The zero-order chi connectivity index (χ0) is 13.3. The van der Waals surface area contributed by atoms with Crippen LogP contribution in [0.2, 0.25) is 0 Å². The van der Waals surface area contributed by atoms with Crippen molar-refractivity contribution in [2.24, 2.45) is 7.05 Å². The highest BCUT2D eigenvalue weighted by Crippen LogP contribution is 2.35. The molecule has 5 nitrogen and oxygen atoms in total. The van der Waals surface area contributed by atoms with Gasteiger partial charge in [0.1, 0.15) is 5.69 Å². The van der Waals surface area contributed by atoms with Crippen LogP contribution < -0.4 is 11.1 Å². The molecule has 1 saturated carbocycles. The van der Waals surface area contributed by atoms with Gasteiger partial charge in [-0.05, 0) is 39.4 Å². The number of hydrogen-bond acceptors (Lipinski definition) is 3. The van der Waals surface area contributed by atoms with Crippen LogP contribution in [0.3, 0.4) is 0 Å². The van der Waals surface area contributed by atoms with Gasteiger partial charge < -0.3 is 20.5 Å². The Morgan fingerprint density at radius 2 is 2.22 bits per heavy atom. The molecule has 1 aliphatic rings. The second-order valence-corrected chi connectivity index (χ2v) is 5.42. The number of likely N-dealkylation sites (N-methyl/N-ethyl adjacent to an activating group) is 1. The van der Waals surface area contributed by atoms with Gasteiger partial charge in [0.25, 0.3) is 5.91 Å². The summed E-state index contributed by atoms with van der Waals surface area (Å²) in [5.41, 5.74) is 7.05. The zero-order valence-corrected chi connectivity index (χ0v) is 11.4. The Bertz CT molecular complexity index is 446. The normalized spacial score (nSPS) is 17.6. The first-order valence-corrected chi connectivity index (χ1v) is 6.32. The molecule has 0 aliphatic heterocycles. The van der Waals surface area contributed by atoms with Crippen LogP contribution in [0.25, 0.3) is 0 Å². The zero-order valence-electron chi connectivity index (χ0n) is 11.4. The van der Waals surface area contributed by atoms with Crippen molar-refractivity contribution in [3.63, 3.8) is 0 Å². The Morgan fingerprint density at radius 3 is 2.61 bits per heavy atom. The van der Waals surface area contributed by atoms with E-state index < -0.39 is 0 Å². The van der Waals surface area contributed by atoms with Crippen LogP contribution in [0, 0.1) is 0 Å². The van der Waals surface area contributed by atoms with Gasteiger partial charge in [-0.15, -0.1) is 0 Å². The first kappa shape index (κ1) is 13.0. The fourth-order valence-electron chi connectivity index (χ4n) is 2.52. The summed E-state index contributed by atoms with van der Waals surface area (Å²) in [4.78, 5) is 14.3. The highest BCUT2D eigenvalue weighted by Gasteiger charge is 2.39. The molecule has 2 rings (SSSR count). The number of carbonyl (C=O) groups is 1. The lowest BCUT2D eigenvalue weighted by Gasteiger charge is -2.47. The predicted octanol–water partition coefficient (Wildman–Crippen LogP) is 0.821. The number of amides is 1. The quantitative estimate of drug-likeness (QED) is 0.831. The SMILES string of the molecule is CN(C)C1(CNC(=O)c2cc(N)cn2C)CCC1. The highest BCUT2D eigenvalue weighted by atomic mass is 16.1. The summed E-state index contributed by atoms with van der Waals surface area (Å²) in [5, 5.41) is 3.02. The molecule has 18 heavy (non-hydrogen) atoms. The monoisotopic (exact) mass is 250 g/mol. The molecule has 1 aromatic heterocycles. The molecule has 0 spiro atoms. The molecule has 0 saturated heterocycles. The average Bonchev–Trinajstić information content (AvgIpc) is 2.55. The van der Waals surface area contributed by atoms with Gasteiger partial charge in [0.15, 0.2) is 0 Å². The van der Waals surface area contributed by atoms with Crippen molar-refractivity contribution in [1.82, 2.24) is 14.8 Å². The number of rotatable bonds is 4. The molecule has 100 valence electrons. The Hall–Kier alpha value is -1.49. The number of carbonyl (C=O) groups excluding carboxylic acids is 1. The van der Waals surface area contributed by atoms with Crippen LogP contribution >= 0.6 is 0 Å². The summed E-state index contributed by atoms with van der Waals surface area (Å²) >= 11 is 0. The minimum Gasteiger partial charge on any atom is -0.397 e. The molecule has 0 aromatic carbocycles. The molecule has 3 N–H and O–H groups in total. The maximum absolute atomic E-state index is 12.1. The molecular weight excluding hydrogens is 228 g/mol. The third-order valence-electron chi connectivity index (χ3n) is 4.07. The number of anilines is 1. The molecule has 1 aromatic rings. The lowest BCUT2D eigenvalue weighted by Crippen LogP contribution is -2.57. The maximum Gasteiger partial charge on any atom is 0.268 e. The van der Waals surface area contributed by atoms with Crippen molar-refractivity contribution in [3.05, 3.63) is 18.0 Å². The minimum atomic E-state index is -0.0534. The summed E-state index contributed by atoms with van der Waals surface area (Å²) in [6.07, 6.45) is 5.29. The van der Waals surface area contributed by atoms with Gasteiger partial charge in [-0.3, -0.25) is 4.79 Å². The van der Waals surface area contributed by atoms with Gasteiger partial charge in [0.05, 0.1) is 5.69 Å². The molecule has 5 heteroatoms. The van der Waals surface area contributed by atoms with Crippen LogP contribution in [-0.2, 0) is 7.05 Å². The van der Waals surface area contributed by atoms with E-state index in [1.165, 1.54) is 6.42 Å². The number of aromatic nitrogens is 1. The first-order chi connectivity index (χ1) is 8.44. The third-order valence-corrected chi connectivity index (χ3v) is 4.07. The molecular formula is C13H22N4O. The summed E-state index contributed by atoms with van der Waals surface area (Å²) in [5.74, 6) is -0.0534. The van der Waals surface area contributed by atoms with Crippen molar-refractivity contribution < 1.29 is 4.79 Å². The van der Waals surface area contributed by atoms with Crippen molar-refractivity contribution in [3.8, 4) is 0 Å². The van der Waals surface area contributed by atoms with E-state index in [1.54, 1.807) is 16.8 Å². The van der Waals surface area contributed by atoms with Gasteiger partial charge in [0.2, 0.25) is 0 Å². The number of aryl methyl sites for hydroxylation is 1. The Balaban J connectivity index is 1.98. The smallest absolute Gasteiger partial charge is 0.268 e. The maximum atomic E-state index is 12.1. The fourth-order valence-corrected chi connectivity index (χ4v) is 2.52. The number of nitrogen functional groups attached to an aromatic ring is 1. The van der Waals surface area contributed by atoms with E-state index in [1.807, 2.05) is 7.05 Å². The van der Waals surface area contributed by atoms with Crippen molar-refractivity contribution in [1.29, 1.82) is 0 Å². The average molecular weight is 250 g/mol. The van der Waals surface area contributed by atoms with E-state index in [2.05, 4.69) is 24.3 Å². The summed E-state index contributed by atoms with van der Waals surface area (Å²) in [6.45, 7) is 0.698. The van der Waals surface area contributed by atoms with Crippen LogP contribution in [0.5, 0.6) is 0 Å². The molecule has 1 aliphatic carbocycles. The van der Waals surface area contributed by atoms with Gasteiger partial charge in [-0.1, -0.05) is 0 Å². The van der Waals surface area contributed by atoms with E-state index in [-0.39, 0.29) is 11.4 Å². The molecule has 1 heterocycles. The fraction of sp³-hybridized carbons (Fsp3) is 0.615. The largest absolute Gasteiger partial charge is 0.397 e. The van der Waals surface area contributed by atoms with Crippen LogP contribution in [0.1, 0.15) is 29.8 Å². The van der Waals surface area contributed by atoms with E-state index in [0.717, 1.165) is 12.8 Å². The standard InChI is InChI=1S/C13H22N4O/c1-16(2)13(5-4-6-13)9-15-12(18)11-7-10(14)8-17(11)3/h7-8H,4-6,9,14H2,1-3H3,(H,15,18). The summed E-state index contributed by atoms with van der Waals surface area (Å²) in [6, 6.07) is 1.71. The molecule has 0 bridgehead atoms. The van der Waals surface area contributed by atoms with Gasteiger partial charge >= 0.3 is 0 Å². The Morgan fingerprint density at radius 1 is 1.56 bits per heavy atom. The summed E-state index contributed by atoms with van der Waals surface area (Å²) in [7, 11) is 5.98. The van der Waals surface area contributed by atoms with E-state index >= 15 is 0 Å². The van der Waals surface area contributed by atoms with Gasteiger partial charge in [-0.25, -0.2) is 0 Å². The number of nitrogens with zero attached hydrogens (tertiary/aromatic N) is 2. The molecule has 0 unspecified atom stereocenters. The number of hydrogen-bond donors (Lipinski definition) is 2. The number of nitrogens with one attached hydrogen (secondary N) is 1. The lowest BCUT2D eigenvalue weighted by molar-refractivity contribution is 0.0555. The Labute approximate surface area is 108 Å². The molecule has 0 atom stereocenters. The Kier molecular flexibility index (Phi) is 3.34. The lowest BCUT2D eigenvalue weighted by atomic mass is 9.75. The molecule has 0 radical (unpaired) electrons. The van der Waals surface area contributed by atoms with Crippen LogP contribution in [0.4, 0.5) is 5.69 Å². The minimum absolute atomic E-state index is 0.0534. The van der Waals surface area contributed by atoms with E-state index in [0.29, 0.717) is 17.9 Å². The molecule has 1 amide bonds. The highest BCUT2D eigenvalue weighted by molar-refractivity contribution is 5.93. The van der Waals surface area contributed by atoms with E-state index in [9.17, 15) is 4.79 Å². The van der Waals surface area contributed by atoms with Crippen LogP contribution in [0.15, 0.2) is 12.3 Å². The van der Waals surface area contributed by atoms with Crippen molar-refractivity contribution >= 4 is 11.6 Å². The number of nitrogens with two attached hydrogens (primary N) is 1.